The number of benzene rings is 2. The second-order valence-electron chi connectivity index (χ2n) is 7.93. The van der Waals surface area contributed by atoms with Crippen LogP contribution in [0.5, 0.6) is 5.75 Å². The van der Waals surface area contributed by atoms with Crippen molar-refractivity contribution in [1.82, 2.24) is 4.31 Å². The highest BCUT2D eigenvalue weighted by Crippen LogP contribution is 2.31. The fourth-order valence-electron chi connectivity index (χ4n) is 3.76. The van der Waals surface area contributed by atoms with Crippen molar-refractivity contribution < 1.29 is 17.9 Å². The van der Waals surface area contributed by atoms with E-state index >= 15 is 0 Å². The summed E-state index contributed by atoms with van der Waals surface area (Å²) < 4.78 is 33.3. The number of carbonyl (C=O) groups is 1. The normalized spacial score (nSPS) is 15.6. The SMILES string of the molecule is CCCOc1ccc(Cl)cc1NC(=O)C1CCN(S(=O)(=O)c2ccc(C)cc2C)CC1. The summed E-state index contributed by atoms with van der Waals surface area (Å²) in [6.45, 7) is 6.91. The van der Waals surface area contributed by atoms with Crippen molar-refractivity contribution in [2.24, 2.45) is 5.92 Å². The maximum Gasteiger partial charge on any atom is 0.243 e. The minimum atomic E-state index is -3.58. The number of nitrogens with one attached hydrogen (secondary N) is 1. The fraction of sp³-hybridized carbons (Fsp3) is 0.435. The van der Waals surface area contributed by atoms with Gasteiger partial charge in [0.1, 0.15) is 5.75 Å². The molecule has 31 heavy (non-hydrogen) atoms. The van der Waals surface area contributed by atoms with E-state index in [4.69, 9.17) is 16.3 Å². The van der Waals surface area contributed by atoms with E-state index in [-0.39, 0.29) is 11.8 Å². The summed E-state index contributed by atoms with van der Waals surface area (Å²) in [4.78, 5) is 13.2. The second kappa shape index (κ2) is 10.0. The number of hydrogen-bond acceptors (Lipinski definition) is 4. The van der Waals surface area contributed by atoms with E-state index in [1.165, 1.54) is 4.31 Å². The number of anilines is 1. The summed E-state index contributed by atoms with van der Waals surface area (Å²) in [5, 5.41) is 3.42. The number of amides is 1. The van der Waals surface area contributed by atoms with Gasteiger partial charge in [0, 0.05) is 24.0 Å². The van der Waals surface area contributed by atoms with Gasteiger partial charge in [-0.15, -0.1) is 0 Å². The van der Waals surface area contributed by atoms with Gasteiger partial charge in [-0.2, -0.15) is 4.31 Å². The number of sulfonamides is 1. The Labute approximate surface area is 189 Å². The molecule has 0 saturated carbocycles. The van der Waals surface area contributed by atoms with Gasteiger partial charge >= 0.3 is 0 Å². The zero-order valence-corrected chi connectivity index (χ0v) is 19.7. The van der Waals surface area contributed by atoms with Gasteiger partial charge in [0.2, 0.25) is 15.9 Å². The van der Waals surface area contributed by atoms with Crippen molar-refractivity contribution >= 4 is 33.2 Å². The second-order valence-corrected chi connectivity index (χ2v) is 10.3. The van der Waals surface area contributed by atoms with Crippen molar-refractivity contribution in [3.05, 3.63) is 52.5 Å². The van der Waals surface area contributed by atoms with Crippen LogP contribution >= 0.6 is 11.6 Å². The first kappa shape index (κ1) is 23.6. The molecule has 0 atom stereocenters. The van der Waals surface area contributed by atoms with Crippen LogP contribution in [0.2, 0.25) is 5.02 Å². The number of carbonyl (C=O) groups excluding carboxylic acids is 1. The van der Waals surface area contributed by atoms with Crippen LogP contribution in [0.3, 0.4) is 0 Å². The average molecular weight is 465 g/mol. The Morgan fingerprint density at radius 2 is 1.87 bits per heavy atom. The van der Waals surface area contributed by atoms with Gasteiger partial charge in [0.25, 0.3) is 0 Å². The summed E-state index contributed by atoms with van der Waals surface area (Å²) in [7, 11) is -3.58. The highest BCUT2D eigenvalue weighted by Gasteiger charge is 2.33. The molecule has 2 aromatic carbocycles. The van der Waals surface area contributed by atoms with Crippen LogP contribution in [0.1, 0.15) is 37.3 Å². The topological polar surface area (TPSA) is 75.7 Å². The number of aryl methyl sites for hydroxylation is 2. The predicted octanol–water partition coefficient (Wildman–Crippen LogP) is 4.79. The average Bonchev–Trinajstić information content (AvgIpc) is 2.73. The van der Waals surface area contributed by atoms with Gasteiger partial charge in [-0.3, -0.25) is 4.79 Å². The molecule has 0 spiro atoms. The van der Waals surface area contributed by atoms with E-state index in [2.05, 4.69) is 5.32 Å². The van der Waals surface area contributed by atoms with Crippen LogP contribution in [0.25, 0.3) is 0 Å². The Kier molecular flexibility index (Phi) is 7.62. The van der Waals surface area contributed by atoms with Crippen molar-refractivity contribution in [2.45, 2.75) is 44.9 Å². The van der Waals surface area contributed by atoms with E-state index in [0.29, 0.717) is 53.9 Å². The lowest BCUT2D eigenvalue weighted by atomic mass is 9.97. The molecule has 3 rings (SSSR count). The molecular formula is C23H29ClN2O4S. The van der Waals surface area contributed by atoms with E-state index in [0.717, 1.165) is 17.5 Å². The number of nitrogens with zero attached hydrogens (tertiary/aromatic N) is 1. The zero-order chi connectivity index (χ0) is 22.6. The number of piperidine rings is 1. The molecule has 8 heteroatoms. The summed E-state index contributed by atoms with van der Waals surface area (Å²) in [5.41, 5.74) is 2.30. The Bertz CT molecular complexity index is 1050. The maximum atomic E-state index is 13.1. The molecule has 2 aromatic rings. The van der Waals surface area contributed by atoms with Crippen LogP contribution in [-0.4, -0.2) is 38.3 Å². The number of rotatable bonds is 7. The minimum Gasteiger partial charge on any atom is -0.491 e. The Morgan fingerprint density at radius 3 is 2.52 bits per heavy atom. The van der Waals surface area contributed by atoms with Gasteiger partial charge in [-0.05, 0) is 62.9 Å². The van der Waals surface area contributed by atoms with Crippen LogP contribution in [0, 0.1) is 19.8 Å². The lowest BCUT2D eigenvalue weighted by Gasteiger charge is -2.31. The van der Waals surface area contributed by atoms with Crippen molar-refractivity contribution in [1.29, 1.82) is 0 Å². The summed E-state index contributed by atoms with van der Waals surface area (Å²) in [6.07, 6.45) is 1.77. The van der Waals surface area contributed by atoms with E-state index in [1.54, 1.807) is 24.3 Å². The first-order chi connectivity index (χ1) is 14.7. The van der Waals surface area contributed by atoms with Gasteiger partial charge in [-0.25, -0.2) is 8.42 Å². The van der Waals surface area contributed by atoms with E-state index in [1.807, 2.05) is 32.9 Å². The lowest BCUT2D eigenvalue weighted by molar-refractivity contribution is -0.120. The first-order valence-corrected chi connectivity index (χ1v) is 12.3. The molecule has 1 aliphatic rings. The minimum absolute atomic E-state index is 0.146. The maximum absolute atomic E-state index is 13.1. The van der Waals surface area contributed by atoms with E-state index in [9.17, 15) is 13.2 Å². The Hall–Kier alpha value is -2.09. The highest BCUT2D eigenvalue weighted by molar-refractivity contribution is 7.89. The third kappa shape index (κ3) is 5.59. The van der Waals surface area contributed by atoms with Crippen LogP contribution in [0.15, 0.2) is 41.3 Å². The molecule has 0 unspecified atom stereocenters. The molecule has 1 N–H and O–H groups in total. The molecule has 1 amide bonds. The van der Waals surface area contributed by atoms with Crippen molar-refractivity contribution in [3.8, 4) is 5.75 Å². The van der Waals surface area contributed by atoms with Gasteiger partial charge in [0.15, 0.2) is 0 Å². The van der Waals surface area contributed by atoms with Crippen LogP contribution in [0.4, 0.5) is 5.69 Å². The molecule has 0 bridgehead atoms. The predicted molar refractivity (Wildman–Crippen MR) is 123 cm³/mol. The largest absolute Gasteiger partial charge is 0.491 e. The molecule has 6 nitrogen and oxygen atoms in total. The Balaban J connectivity index is 1.66. The molecular weight excluding hydrogens is 436 g/mol. The summed E-state index contributed by atoms with van der Waals surface area (Å²) >= 11 is 6.09. The lowest BCUT2D eigenvalue weighted by Crippen LogP contribution is -2.41. The van der Waals surface area contributed by atoms with Crippen LogP contribution < -0.4 is 10.1 Å². The molecule has 1 fully saturated rings. The smallest absolute Gasteiger partial charge is 0.243 e. The number of halogens is 1. The number of ether oxygens (including phenoxy) is 1. The highest BCUT2D eigenvalue weighted by atomic mass is 35.5. The summed E-state index contributed by atoms with van der Waals surface area (Å²) in [5.74, 6) is 0.158. The van der Waals surface area contributed by atoms with Gasteiger partial charge < -0.3 is 10.1 Å². The van der Waals surface area contributed by atoms with Crippen molar-refractivity contribution in [3.63, 3.8) is 0 Å². The fourth-order valence-corrected chi connectivity index (χ4v) is 5.61. The molecule has 0 radical (unpaired) electrons. The monoisotopic (exact) mass is 464 g/mol. The zero-order valence-electron chi connectivity index (χ0n) is 18.2. The quantitative estimate of drug-likeness (QED) is 0.639. The molecule has 168 valence electrons. The van der Waals surface area contributed by atoms with Gasteiger partial charge in [-0.1, -0.05) is 36.2 Å². The standard InChI is InChI=1S/C23H29ClN2O4S/c1-4-13-30-21-7-6-19(24)15-20(21)25-23(27)18-9-11-26(12-10-18)31(28,29)22-8-5-16(2)14-17(22)3/h5-8,14-15,18H,4,9-13H2,1-3H3,(H,25,27). The Morgan fingerprint density at radius 1 is 1.16 bits per heavy atom. The van der Waals surface area contributed by atoms with Gasteiger partial charge in [0.05, 0.1) is 17.2 Å². The number of hydrogen-bond donors (Lipinski definition) is 1. The molecule has 0 aliphatic carbocycles. The van der Waals surface area contributed by atoms with Crippen molar-refractivity contribution in [2.75, 3.05) is 25.0 Å². The molecule has 1 saturated heterocycles. The van der Waals surface area contributed by atoms with Crippen LogP contribution in [-0.2, 0) is 14.8 Å². The third-order valence-electron chi connectivity index (χ3n) is 5.43. The van der Waals surface area contributed by atoms with E-state index < -0.39 is 10.0 Å². The first-order valence-electron chi connectivity index (χ1n) is 10.5. The summed E-state index contributed by atoms with van der Waals surface area (Å²) in [6, 6.07) is 10.5. The molecule has 1 heterocycles. The third-order valence-corrected chi connectivity index (χ3v) is 7.73. The molecule has 0 aromatic heterocycles. The molecule has 1 aliphatic heterocycles.